The van der Waals surface area contributed by atoms with Crippen molar-refractivity contribution < 1.29 is 14.3 Å². The van der Waals surface area contributed by atoms with Crippen molar-refractivity contribution in [1.82, 2.24) is 15.3 Å². The van der Waals surface area contributed by atoms with Crippen LogP contribution >= 0.6 is 11.8 Å². The molecule has 0 radical (unpaired) electrons. The van der Waals surface area contributed by atoms with Gasteiger partial charge >= 0.3 is 5.97 Å². The van der Waals surface area contributed by atoms with E-state index >= 15 is 0 Å². The Morgan fingerprint density at radius 1 is 1.13 bits per heavy atom. The number of carbonyl (C=O) groups is 2. The maximum atomic E-state index is 12.6. The smallest absolute Gasteiger partial charge is 0.306 e. The van der Waals surface area contributed by atoms with Gasteiger partial charge in [-0.05, 0) is 51.0 Å². The first-order valence-corrected chi connectivity index (χ1v) is 11.5. The molecule has 0 unspecified atom stereocenters. The van der Waals surface area contributed by atoms with E-state index < -0.39 is 12.1 Å². The van der Waals surface area contributed by atoms with Crippen LogP contribution in [0.1, 0.15) is 61.7 Å². The monoisotopic (exact) mass is 429 g/mol. The van der Waals surface area contributed by atoms with E-state index in [1.165, 1.54) is 11.8 Å². The van der Waals surface area contributed by atoms with Gasteiger partial charge in [-0.2, -0.15) is 0 Å². The van der Waals surface area contributed by atoms with Crippen molar-refractivity contribution in [2.45, 2.75) is 70.7 Å². The molecule has 2 aromatic rings. The van der Waals surface area contributed by atoms with E-state index in [1.54, 1.807) is 6.92 Å². The molecular weight excluding hydrogens is 398 g/mol. The van der Waals surface area contributed by atoms with E-state index in [2.05, 4.69) is 22.2 Å². The average molecular weight is 430 g/mol. The summed E-state index contributed by atoms with van der Waals surface area (Å²) in [5, 5.41) is 3.73. The fraction of sp³-hybridized carbons (Fsp3) is 0.478. The minimum Gasteiger partial charge on any atom is -0.453 e. The fourth-order valence-electron chi connectivity index (χ4n) is 3.28. The van der Waals surface area contributed by atoms with E-state index in [4.69, 9.17) is 4.74 Å². The Kier molecular flexibility index (Phi) is 9.30. The maximum Gasteiger partial charge on any atom is 0.306 e. The molecule has 1 aromatic carbocycles. The molecule has 0 saturated heterocycles. The summed E-state index contributed by atoms with van der Waals surface area (Å²) in [6, 6.07) is 9.74. The van der Waals surface area contributed by atoms with E-state index in [0.717, 1.165) is 40.5 Å². The van der Waals surface area contributed by atoms with Crippen molar-refractivity contribution in [2.24, 2.45) is 0 Å². The molecule has 1 heterocycles. The molecule has 0 saturated carbocycles. The van der Waals surface area contributed by atoms with E-state index in [-0.39, 0.29) is 18.4 Å². The van der Waals surface area contributed by atoms with Crippen LogP contribution in [-0.2, 0) is 20.7 Å². The predicted molar refractivity (Wildman–Crippen MR) is 119 cm³/mol. The molecule has 162 valence electrons. The lowest BCUT2D eigenvalue weighted by molar-refractivity contribution is -0.155. The number of ether oxygens (including phenoxy) is 1. The van der Waals surface area contributed by atoms with Gasteiger partial charge in [-0.1, -0.05) is 55.4 Å². The molecule has 2 rings (SSSR count). The molecule has 1 aromatic heterocycles. The molecule has 0 aliphatic heterocycles. The van der Waals surface area contributed by atoms with Crippen LogP contribution in [0.2, 0.25) is 0 Å². The predicted octanol–water partition coefficient (Wildman–Crippen LogP) is 4.34. The summed E-state index contributed by atoms with van der Waals surface area (Å²) in [5.74, 6) is -0.692. The SMILES string of the molecule is CCC[C@H](NC(=O)[C@@H](C)OC(=O)CCc1c(C)nc(SC)nc1C)c1ccccc1. The second-order valence-corrected chi connectivity index (χ2v) is 8.03. The van der Waals surface area contributed by atoms with Gasteiger partial charge in [0.05, 0.1) is 6.04 Å². The highest BCUT2D eigenvalue weighted by molar-refractivity contribution is 7.98. The summed E-state index contributed by atoms with van der Waals surface area (Å²) in [4.78, 5) is 33.8. The lowest BCUT2D eigenvalue weighted by atomic mass is 10.0. The van der Waals surface area contributed by atoms with Crippen molar-refractivity contribution >= 4 is 23.6 Å². The first-order chi connectivity index (χ1) is 14.3. The first kappa shape index (κ1) is 23.9. The number of aromatic nitrogens is 2. The summed E-state index contributed by atoms with van der Waals surface area (Å²) in [6.07, 6.45) is 3.50. The second-order valence-electron chi connectivity index (χ2n) is 7.25. The molecule has 6 nitrogen and oxygen atoms in total. The zero-order valence-electron chi connectivity index (χ0n) is 18.4. The lowest BCUT2D eigenvalue weighted by Gasteiger charge is -2.21. The van der Waals surface area contributed by atoms with Crippen LogP contribution in [0.3, 0.4) is 0 Å². The van der Waals surface area contributed by atoms with E-state index in [9.17, 15) is 9.59 Å². The number of nitrogens with zero attached hydrogens (tertiary/aromatic N) is 2. The first-order valence-electron chi connectivity index (χ1n) is 10.3. The van der Waals surface area contributed by atoms with Crippen LogP contribution in [-0.4, -0.2) is 34.2 Å². The number of aryl methyl sites for hydroxylation is 2. The van der Waals surface area contributed by atoms with Gasteiger partial charge in [0.1, 0.15) is 0 Å². The molecule has 0 aliphatic rings. The lowest BCUT2D eigenvalue weighted by Crippen LogP contribution is -2.38. The van der Waals surface area contributed by atoms with Gasteiger partial charge in [0, 0.05) is 17.8 Å². The molecule has 0 fully saturated rings. The van der Waals surface area contributed by atoms with Gasteiger partial charge < -0.3 is 10.1 Å². The van der Waals surface area contributed by atoms with Crippen LogP contribution in [0.5, 0.6) is 0 Å². The molecule has 0 spiro atoms. The van der Waals surface area contributed by atoms with Crippen molar-refractivity contribution in [3.63, 3.8) is 0 Å². The Bertz CT molecular complexity index is 835. The molecule has 2 atom stereocenters. The minimum absolute atomic E-state index is 0.0951. The number of thioether (sulfide) groups is 1. The number of rotatable bonds is 10. The molecule has 1 amide bonds. The summed E-state index contributed by atoms with van der Waals surface area (Å²) in [6.45, 7) is 7.52. The number of benzene rings is 1. The number of hydrogen-bond donors (Lipinski definition) is 1. The highest BCUT2D eigenvalue weighted by atomic mass is 32.2. The van der Waals surface area contributed by atoms with Crippen LogP contribution in [0.15, 0.2) is 35.5 Å². The highest BCUT2D eigenvalue weighted by Gasteiger charge is 2.22. The quantitative estimate of drug-likeness (QED) is 0.344. The van der Waals surface area contributed by atoms with Crippen molar-refractivity contribution in [2.75, 3.05) is 6.26 Å². The number of hydrogen-bond acceptors (Lipinski definition) is 6. The third-order valence-electron chi connectivity index (χ3n) is 4.94. The average Bonchev–Trinajstić information content (AvgIpc) is 2.73. The molecule has 0 aliphatic carbocycles. The number of esters is 1. The normalized spacial score (nSPS) is 12.8. The second kappa shape index (κ2) is 11.7. The fourth-order valence-corrected chi connectivity index (χ4v) is 3.74. The zero-order valence-corrected chi connectivity index (χ0v) is 19.2. The van der Waals surface area contributed by atoms with Crippen LogP contribution < -0.4 is 5.32 Å². The third kappa shape index (κ3) is 6.83. The zero-order chi connectivity index (χ0) is 22.1. The highest BCUT2D eigenvalue weighted by Crippen LogP contribution is 2.19. The van der Waals surface area contributed by atoms with Gasteiger partial charge in [0.2, 0.25) is 0 Å². The molecular formula is C23H31N3O3S. The standard InChI is InChI=1S/C23H31N3O3S/c1-6-10-20(18-11-8-7-9-12-18)26-22(28)17(4)29-21(27)14-13-19-15(2)24-23(30-5)25-16(19)3/h7-9,11-12,17,20H,6,10,13-14H2,1-5H3,(H,26,28)/t17-,20+/m1/s1. The number of amides is 1. The van der Waals surface area contributed by atoms with Gasteiger partial charge in [-0.15, -0.1) is 0 Å². The molecule has 1 N–H and O–H groups in total. The van der Waals surface area contributed by atoms with Crippen molar-refractivity contribution in [1.29, 1.82) is 0 Å². The Morgan fingerprint density at radius 3 is 2.33 bits per heavy atom. The van der Waals surface area contributed by atoms with E-state index in [0.29, 0.717) is 6.42 Å². The van der Waals surface area contributed by atoms with Crippen molar-refractivity contribution in [3.05, 3.63) is 52.8 Å². The topological polar surface area (TPSA) is 81.2 Å². The summed E-state index contributed by atoms with van der Waals surface area (Å²) in [5.41, 5.74) is 3.74. The number of carbonyl (C=O) groups excluding carboxylic acids is 2. The van der Waals surface area contributed by atoms with Gasteiger partial charge in [-0.3, -0.25) is 9.59 Å². The Balaban J connectivity index is 1.91. The van der Waals surface area contributed by atoms with Crippen LogP contribution in [0.4, 0.5) is 0 Å². The molecule has 0 bridgehead atoms. The Hall–Kier alpha value is -2.41. The van der Waals surface area contributed by atoms with Gasteiger partial charge in [0.25, 0.3) is 5.91 Å². The molecule has 30 heavy (non-hydrogen) atoms. The van der Waals surface area contributed by atoms with Crippen LogP contribution in [0, 0.1) is 13.8 Å². The summed E-state index contributed by atoms with van der Waals surface area (Å²) < 4.78 is 5.38. The largest absolute Gasteiger partial charge is 0.453 e. The van der Waals surface area contributed by atoms with Crippen molar-refractivity contribution in [3.8, 4) is 0 Å². The summed E-state index contributed by atoms with van der Waals surface area (Å²) >= 11 is 1.49. The van der Waals surface area contributed by atoms with Crippen LogP contribution in [0.25, 0.3) is 0 Å². The van der Waals surface area contributed by atoms with Gasteiger partial charge in [0.15, 0.2) is 11.3 Å². The maximum absolute atomic E-state index is 12.6. The summed E-state index contributed by atoms with van der Waals surface area (Å²) in [7, 11) is 0. The Labute approximate surface area is 183 Å². The van der Waals surface area contributed by atoms with Gasteiger partial charge in [-0.25, -0.2) is 9.97 Å². The minimum atomic E-state index is -0.849. The third-order valence-corrected chi connectivity index (χ3v) is 5.48. The Morgan fingerprint density at radius 2 is 1.77 bits per heavy atom. The molecule has 7 heteroatoms. The van der Waals surface area contributed by atoms with E-state index in [1.807, 2.05) is 50.4 Å². The number of nitrogens with one attached hydrogen (secondary N) is 1.